The molecule has 0 aromatic carbocycles. The predicted octanol–water partition coefficient (Wildman–Crippen LogP) is 1.56. The molecule has 0 radical (unpaired) electrons. The normalized spacial score (nSPS) is 12.4. The lowest BCUT2D eigenvalue weighted by molar-refractivity contribution is 0.384. The largest absolute Gasteiger partial charge is 0.480 e. The Morgan fingerprint density at radius 3 is 2.65 bits per heavy atom. The van der Waals surface area contributed by atoms with E-state index in [9.17, 15) is 0 Å². The molecule has 0 aliphatic heterocycles. The van der Waals surface area contributed by atoms with Crippen molar-refractivity contribution >= 4 is 11.3 Å². The third-order valence-corrected chi connectivity index (χ3v) is 3.49. The number of aryl methyl sites for hydroxylation is 1. The highest BCUT2D eigenvalue weighted by Crippen LogP contribution is 2.30. The standard InChI is InChI=1S/C11H14N4OS/c1-7-10(17-6-15-7)8(12-2)9-11(16-3)14-5-4-13-9/h4-6,8,12H,1-3H3. The third kappa shape index (κ3) is 2.27. The van der Waals surface area contributed by atoms with Crippen LogP contribution in [-0.2, 0) is 0 Å². The molecule has 0 saturated carbocycles. The lowest BCUT2D eigenvalue weighted by Gasteiger charge is -2.16. The number of rotatable bonds is 4. The maximum Gasteiger partial charge on any atom is 0.237 e. The minimum Gasteiger partial charge on any atom is -0.480 e. The van der Waals surface area contributed by atoms with E-state index in [0.717, 1.165) is 16.3 Å². The molecule has 1 N–H and O–H groups in total. The molecule has 0 fully saturated rings. The van der Waals surface area contributed by atoms with E-state index in [1.54, 1.807) is 30.8 Å². The van der Waals surface area contributed by atoms with Gasteiger partial charge in [0.15, 0.2) is 0 Å². The first-order valence-electron chi connectivity index (χ1n) is 5.20. The minimum absolute atomic E-state index is 0.0360. The molecule has 0 amide bonds. The van der Waals surface area contributed by atoms with Crippen LogP contribution in [0.4, 0.5) is 0 Å². The zero-order valence-electron chi connectivity index (χ0n) is 9.97. The van der Waals surface area contributed by atoms with Crippen LogP contribution in [0.3, 0.4) is 0 Å². The monoisotopic (exact) mass is 250 g/mol. The summed E-state index contributed by atoms with van der Waals surface area (Å²) >= 11 is 1.60. The van der Waals surface area contributed by atoms with Crippen molar-refractivity contribution in [2.24, 2.45) is 0 Å². The molecular weight excluding hydrogens is 236 g/mol. The average molecular weight is 250 g/mol. The summed E-state index contributed by atoms with van der Waals surface area (Å²) in [5.41, 5.74) is 3.62. The molecule has 5 nitrogen and oxygen atoms in total. The Morgan fingerprint density at radius 2 is 2.06 bits per heavy atom. The number of hydrogen-bond acceptors (Lipinski definition) is 6. The topological polar surface area (TPSA) is 59.9 Å². The highest BCUT2D eigenvalue weighted by Gasteiger charge is 2.22. The number of ether oxygens (including phenoxy) is 1. The van der Waals surface area contributed by atoms with Crippen molar-refractivity contribution in [1.82, 2.24) is 20.3 Å². The summed E-state index contributed by atoms with van der Waals surface area (Å²) in [6, 6.07) is -0.0360. The highest BCUT2D eigenvalue weighted by atomic mass is 32.1. The van der Waals surface area contributed by atoms with Crippen LogP contribution in [0.15, 0.2) is 17.9 Å². The van der Waals surface area contributed by atoms with E-state index in [-0.39, 0.29) is 6.04 Å². The molecule has 90 valence electrons. The molecule has 17 heavy (non-hydrogen) atoms. The van der Waals surface area contributed by atoms with Crippen molar-refractivity contribution < 1.29 is 4.74 Å². The summed E-state index contributed by atoms with van der Waals surface area (Å²) < 4.78 is 5.24. The zero-order valence-corrected chi connectivity index (χ0v) is 10.8. The molecule has 0 saturated heterocycles. The van der Waals surface area contributed by atoms with Gasteiger partial charge in [0.05, 0.1) is 29.2 Å². The highest BCUT2D eigenvalue weighted by molar-refractivity contribution is 7.09. The molecular formula is C11H14N4OS. The Balaban J connectivity index is 2.46. The molecule has 1 unspecified atom stereocenters. The van der Waals surface area contributed by atoms with E-state index in [1.165, 1.54) is 0 Å². The van der Waals surface area contributed by atoms with Crippen LogP contribution in [0.2, 0.25) is 0 Å². The fourth-order valence-electron chi connectivity index (χ4n) is 1.67. The molecule has 2 aromatic rings. The molecule has 6 heteroatoms. The second kappa shape index (κ2) is 5.20. The van der Waals surface area contributed by atoms with Crippen LogP contribution in [0, 0.1) is 6.92 Å². The van der Waals surface area contributed by atoms with Gasteiger partial charge in [-0.25, -0.2) is 9.97 Å². The third-order valence-electron chi connectivity index (χ3n) is 2.49. The van der Waals surface area contributed by atoms with Crippen LogP contribution < -0.4 is 10.1 Å². The van der Waals surface area contributed by atoms with Crippen molar-refractivity contribution in [3.63, 3.8) is 0 Å². The van der Waals surface area contributed by atoms with Crippen LogP contribution >= 0.6 is 11.3 Å². The van der Waals surface area contributed by atoms with Gasteiger partial charge in [0, 0.05) is 12.4 Å². The van der Waals surface area contributed by atoms with E-state index >= 15 is 0 Å². The zero-order chi connectivity index (χ0) is 12.3. The van der Waals surface area contributed by atoms with Crippen molar-refractivity contribution in [3.8, 4) is 5.88 Å². The second-order valence-corrected chi connectivity index (χ2v) is 4.36. The van der Waals surface area contributed by atoms with Crippen LogP contribution in [0.1, 0.15) is 22.3 Å². The van der Waals surface area contributed by atoms with Gasteiger partial charge >= 0.3 is 0 Å². The number of thiazole rings is 1. The van der Waals surface area contributed by atoms with E-state index in [4.69, 9.17) is 4.74 Å². The summed E-state index contributed by atoms with van der Waals surface area (Å²) in [5.74, 6) is 0.541. The molecule has 1 atom stereocenters. The summed E-state index contributed by atoms with van der Waals surface area (Å²) in [6.45, 7) is 1.99. The first-order valence-corrected chi connectivity index (χ1v) is 6.08. The Kier molecular flexibility index (Phi) is 3.65. The number of nitrogens with zero attached hydrogens (tertiary/aromatic N) is 3. The summed E-state index contributed by atoms with van der Waals surface area (Å²) in [6.07, 6.45) is 3.28. The van der Waals surface area contributed by atoms with Crippen molar-refractivity contribution in [3.05, 3.63) is 34.2 Å². The number of hydrogen-bond donors (Lipinski definition) is 1. The van der Waals surface area contributed by atoms with Crippen LogP contribution in [0.25, 0.3) is 0 Å². The SMILES string of the molecule is CNC(c1nccnc1OC)c1scnc1C. The van der Waals surface area contributed by atoms with E-state index in [2.05, 4.69) is 20.3 Å². The van der Waals surface area contributed by atoms with E-state index < -0.39 is 0 Å². The van der Waals surface area contributed by atoms with Gasteiger partial charge in [0.1, 0.15) is 5.69 Å². The van der Waals surface area contributed by atoms with Gasteiger partial charge in [-0.3, -0.25) is 4.98 Å². The van der Waals surface area contributed by atoms with Gasteiger partial charge in [-0.2, -0.15) is 0 Å². The lowest BCUT2D eigenvalue weighted by atomic mass is 10.1. The van der Waals surface area contributed by atoms with Crippen LogP contribution in [-0.4, -0.2) is 29.1 Å². The van der Waals surface area contributed by atoms with Crippen molar-refractivity contribution in [1.29, 1.82) is 0 Å². The van der Waals surface area contributed by atoms with Gasteiger partial charge in [0.25, 0.3) is 0 Å². The Hall–Kier alpha value is -1.53. The number of methoxy groups -OCH3 is 1. The fourth-order valence-corrected chi connectivity index (χ4v) is 2.58. The maximum absolute atomic E-state index is 5.24. The van der Waals surface area contributed by atoms with Gasteiger partial charge < -0.3 is 10.1 Å². The molecule has 2 aromatic heterocycles. The average Bonchev–Trinajstić information content (AvgIpc) is 2.78. The Bertz CT molecular complexity index is 500. The maximum atomic E-state index is 5.24. The van der Waals surface area contributed by atoms with Gasteiger partial charge in [0.2, 0.25) is 5.88 Å². The first kappa shape index (κ1) is 11.9. The first-order chi connectivity index (χ1) is 8.27. The molecule has 0 aliphatic rings. The molecule has 0 aliphatic carbocycles. The second-order valence-electron chi connectivity index (χ2n) is 3.47. The molecule has 0 bridgehead atoms. The quantitative estimate of drug-likeness (QED) is 0.892. The number of aromatic nitrogens is 3. The van der Waals surface area contributed by atoms with Crippen molar-refractivity contribution in [2.45, 2.75) is 13.0 Å². The van der Waals surface area contributed by atoms with Gasteiger partial charge in [-0.05, 0) is 14.0 Å². The summed E-state index contributed by atoms with van der Waals surface area (Å²) in [4.78, 5) is 13.9. The molecule has 2 rings (SSSR count). The minimum atomic E-state index is -0.0360. The van der Waals surface area contributed by atoms with E-state index in [0.29, 0.717) is 5.88 Å². The molecule has 0 spiro atoms. The Labute approximate surface area is 104 Å². The van der Waals surface area contributed by atoms with Gasteiger partial charge in [-0.15, -0.1) is 11.3 Å². The van der Waals surface area contributed by atoms with Crippen molar-refractivity contribution in [2.75, 3.05) is 14.2 Å². The van der Waals surface area contributed by atoms with E-state index in [1.807, 2.05) is 19.5 Å². The molecule has 2 heterocycles. The summed E-state index contributed by atoms with van der Waals surface area (Å²) in [5, 5.41) is 3.22. The van der Waals surface area contributed by atoms with Gasteiger partial charge in [-0.1, -0.05) is 0 Å². The smallest absolute Gasteiger partial charge is 0.237 e. The summed E-state index contributed by atoms with van der Waals surface area (Å²) in [7, 11) is 3.48. The lowest BCUT2D eigenvalue weighted by Crippen LogP contribution is -2.20. The predicted molar refractivity (Wildman–Crippen MR) is 66.3 cm³/mol. The fraction of sp³-hybridized carbons (Fsp3) is 0.364. The van der Waals surface area contributed by atoms with Crippen LogP contribution in [0.5, 0.6) is 5.88 Å². The number of nitrogens with one attached hydrogen (secondary N) is 1. The Morgan fingerprint density at radius 1 is 1.29 bits per heavy atom.